The van der Waals surface area contributed by atoms with E-state index in [1.165, 1.54) is 16.7 Å². The Kier molecular flexibility index (Phi) is 4.09. The zero-order valence-electron chi connectivity index (χ0n) is 13.0. The van der Waals surface area contributed by atoms with Gasteiger partial charge in [0.25, 0.3) is 0 Å². The van der Waals surface area contributed by atoms with Crippen molar-refractivity contribution in [3.8, 4) is 11.1 Å². The van der Waals surface area contributed by atoms with Crippen molar-refractivity contribution in [1.82, 2.24) is 10.2 Å². The number of piperazine rings is 1. The van der Waals surface area contributed by atoms with Crippen molar-refractivity contribution < 1.29 is 0 Å². The summed E-state index contributed by atoms with van der Waals surface area (Å²) in [6.45, 7) is 8.94. The van der Waals surface area contributed by atoms with Crippen LogP contribution in [0.25, 0.3) is 11.1 Å². The smallest absolute Gasteiger partial charge is 0.0281 e. The maximum atomic E-state index is 3.48. The average molecular weight is 280 g/mol. The van der Waals surface area contributed by atoms with Gasteiger partial charge in [0, 0.05) is 31.7 Å². The first-order valence-corrected chi connectivity index (χ1v) is 7.75. The molecule has 2 heteroatoms. The minimum atomic E-state index is 0.232. The van der Waals surface area contributed by atoms with Crippen LogP contribution in [-0.4, -0.2) is 30.1 Å². The topological polar surface area (TPSA) is 15.3 Å². The lowest BCUT2D eigenvalue weighted by atomic mass is 9.98. The molecule has 1 aliphatic heterocycles. The minimum Gasteiger partial charge on any atom is -0.314 e. The molecule has 1 aliphatic rings. The van der Waals surface area contributed by atoms with Gasteiger partial charge in [0.15, 0.2) is 0 Å². The Morgan fingerprint density at radius 1 is 0.952 bits per heavy atom. The van der Waals surface area contributed by atoms with E-state index < -0.39 is 0 Å². The normalized spacial score (nSPS) is 18.6. The molecule has 0 aliphatic carbocycles. The molecular weight excluding hydrogens is 256 g/mol. The second-order valence-electron chi connectivity index (χ2n) is 6.47. The van der Waals surface area contributed by atoms with Gasteiger partial charge >= 0.3 is 0 Å². The van der Waals surface area contributed by atoms with Crippen molar-refractivity contribution in [1.29, 1.82) is 0 Å². The Balaban J connectivity index is 1.73. The molecule has 1 fully saturated rings. The summed E-state index contributed by atoms with van der Waals surface area (Å²) in [7, 11) is 0. The van der Waals surface area contributed by atoms with Crippen LogP contribution >= 0.6 is 0 Å². The SMILES string of the molecule is CC1(C)CNCCN1Cc1ccc(-c2ccccc2)cc1. The Bertz CT molecular complexity index is 572. The van der Waals surface area contributed by atoms with E-state index in [4.69, 9.17) is 0 Å². The van der Waals surface area contributed by atoms with E-state index in [9.17, 15) is 0 Å². The first-order valence-electron chi connectivity index (χ1n) is 7.75. The molecule has 1 saturated heterocycles. The van der Waals surface area contributed by atoms with Crippen molar-refractivity contribution in [2.45, 2.75) is 25.9 Å². The highest BCUT2D eigenvalue weighted by Gasteiger charge is 2.29. The highest BCUT2D eigenvalue weighted by atomic mass is 15.2. The molecule has 0 atom stereocenters. The predicted octanol–water partition coefficient (Wildman–Crippen LogP) is 3.54. The maximum absolute atomic E-state index is 3.48. The summed E-state index contributed by atoms with van der Waals surface area (Å²) >= 11 is 0. The van der Waals surface area contributed by atoms with Gasteiger partial charge in [-0.2, -0.15) is 0 Å². The van der Waals surface area contributed by atoms with Gasteiger partial charge in [-0.1, -0.05) is 54.6 Å². The molecule has 110 valence electrons. The van der Waals surface area contributed by atoms with Crippen molar-refractivity contribution >= 4 is 0 Å². The Labute approximate surface area is 127 Å². The summed E-state index contributed by atoms with van der Waals surface area (Å²) < 4.78 is 0. The predicted molar refractivity (Wildman–Crippen MR) is 89.2 cm³/mol. The van der Waals surface area contributed by atoms with Crippen LogP contribution in [0.1, 0.15) is 19.4 Å². The van der Waals surface area contributed by atoms with Crippen LogP contribution in [0.5, 0.6) is 0 Å². The van der Waals surface area contributed by atoms with Crippen LogP contribution in [0, 0.1) is 0 Å². The van der Waals surface area contributed by atoms with E-state index in [1.54, 1.807) is 0 Å². The lowest BCUT2D eigenvalue weighted by Crippen LogP contribution is -2.57. The number of rotatable bonds is 3. The molecule has 0 amide bonds. The number of hydrogen-bond acceptors (Lipinski definition) is 2. The molecule has 2 aromatic carbocycles. The molecule has 1 heterocycles. The van der Waals surface area contributed by atoms with Crippen LogP contribution < -0.4 is 5.32 Å². The molecule has 0 radical (unpaired) electrons. The van der Waals surface area contributed by atoms with E-state index in [0.29, 0.717) is 0 Å². The van der Waals surface area contributed by atoms with Gasteiger partial charge in [0.1, 0.15) is 0 Å². The third-order valence-corrected chi connectivity index (χ3v) is 4.41. The minimum absolute atomic E-state index is 0.232. The van der Waals surface area contributed by atoms with Crippen LogP contribution in [0.3, 0.4) is 0 Å². The van der Waals surface area contributed by atoms with Crippen molar-refractivity contribution in [3.63, 3.8) is 0 Å². The van der Waals surface area contributed by atoms with Crippen LogP contribution in [0.4, 0.5) is 0 Å². The van der Waals surface area contributed by atoms with Crippen LogP contribution in [0.15, 0.2) is 54.6 Å². The molecular formula is C19H24N2. The molecule has 0 saturated carbocycles. The summed E-state index contributed by atoms with van der Waals surface area (Å²) in [4.78, 5) is 2.57. The first-order chi connectivity index (χ1) is 10.1. The number of nitrogens with zero attached hydrogens (tertiary/aromatic N) is 1. The van der Waals surface area contributed by atoms with Crippen LogP contribution in [-0.2, 0) is 6.54 Å². The molecule has 2 nitrogen and oxygen atoms in total. The summed E-state index contributed by atoms with van der Waals surface area (Å²) in [6.07, 6.45) is 0. The van der Waals surface area contributed by atoms with E-state index in [2.05, 4.69) is 78.7 Å². The summed E-state index contributed by atoms with van der Waals surface area (Å²) in [5.41, 5.74) is 4.20. The van der Waals surface area contributed by atoms with E-state index in [-0.39, 0.29) is 5.54 Å². The van der Waals surface area contributed by atoms with Gasteiger partial charge in [-0.25, -0.2) is 0 Å². The Hall–Kier alpha value is -1.64. The summed E-state index contributed by atoms with van der Waals surface area (Å²) in [6, 6.07) is 19.6. The lowest BCUT2D eigenvalue weighted by Gasteiger charge is -2.42. The van der Waals surface area contributed by atoms with E-state index >= 15 is 0 Å². The fourth-order valence-corrected chi connectivity index (χ4v) is 2.97. The third-order valence-electron chi connectivity index (χ3n) is 4.41. The van der Waals surface area contributed by atoms with E-state index in [1.807, 2.05) is 0 Å². The van der Waals surface area contributed by atoms with Crippen molar-refractivity contribution in [2.75, 3.05) is 19.6 Å². The van der Waals surface area contributed by atoms with E-state index in [0.717, 1.165) is 26.2 Å². The second kappa shape index (κ2) is 6.00. The van der Waals surface area contributed by atoms with Crippen molar-refractivity contribution in [3.05, 3.63) is 60.2 Å². The first kappa shape index (κ1) is 14.3. The standard InChI is InChI=1S/C19H24N2/c1-19(2)15-20-12-13-21(19)14-16-8-10-18(11-9-16)17-6-4-3-5-7-17/h3-11,20H,12-15H2,1-2H3. The summed E-state index contributed by atoms with van der Waals surface area (Å²) in [5.74, 6) is 0. The van der Waals surface area contributed by atoms with Gasteiger partial charge in [0.2, 0.25) is 0 Å². The van der Waals surface area contributed by atoms with Gasteiger partial charge in [-0.15, -0.1) is 0 Å². The molecule has 0 unspecified atom stereocenters. The highest BCUT2D eigenvalue weighted by Crippen LogP contribution is 2.22. The van der Waals surface area contributed by atoms with Gasteiger partial charge < -0.3 is 5.32 Å². The molecule has 2 aromatic rings. The van der Waals surface area contributed by atoms with Gasteiger partial charge in [-0.05, 0) is 30.5 Å². The molecule has 0 aromatic heterocycles. The van der Waals surface area contributed by atoms with Crippen molar-refractivity contribution in [2.24, 2.45) is 0 Å². The highest BCUT2D eigenvalue weighted by molar-refractivity contribution is 5.63. The largest absolute Gasteiger partial charge is 0.314 e. The average Bonchev–Trinajstić information content (AvgIpc) is 2.51. The number of hydrogen-bond donors (Lipinski definition) is 1. The Morgan fingerprint density at radius 3 is 2.29 bits per heavy atom. The van der Waals surface area contributed by atoms with Crippen LogP contribution in [0.2, 0.25) is 0 Å². The summed E-state index contributed by atoms with van der Waals surface area (Å²) in [5, 5.41) is 3.48. The zero-order chi connectivity index (χ0) is 14.7. The fourth-order valence-electron chi connectivity index (χ4n) is 2.97. The molecule has 0 spiro atoms. The number of nitrogens with one attached hydrogen (secondary N) is 1. The monoisotopic (exact) mass is 280 g/mol. The van der Waals surface area contributed by atoms with Gasteiger partial charge in [-0.3, -0.25) is 4.90 Å². The molecule has 3 rings (SSSR count). The molecule has 21 heavy (non-hydrogen) atoms. The quantitative estimate of drug-likeness (QED) is 0.925. The fraction of sp³-hybridized carbons (Fsp3) is 0.368. The van der Waals surface area contributed by atoms with Gasteiger partial charge in [0.05, 0.1) is 0 Å². The third kappa shape index (κ3) is 3.34. The molecule has 1 N–H and O–H groups in total. The number of benzene rings is 2. The molecule has 0 bridgehead atoms. The Morgan fingerprint density at radius 2 is 1.62 bits per heavy atom. The maximum Gasteiger partial charge on any atom is 0.0281 e. The zero-order valence-corrected chi connectivity index (χ0v) is 13.0. The second-order valence-corrected chi connectivity index (χ2v) is 6.47. The lowest BCUT2D eigenvalue weighted by molar-refractivity contribution is 0.0828.